The van der Waals surface area contributed by atoms with E-state index < -0.39 is 0 Å². The molecule has 0 saturated carbocycles. The number of fused-ring (bicyclic) bond motifs is 1. The molecular weight excluding hydrogens is 357 g/mol. The van der Waals surface area contributed by atoms with E-state index in [4.69, 9.17) is 4.98 Å². The summed E-state index contributed by atoms with van der Waals surface area (Å²) in [5.74, 6) is 1.44. The fraction of sp³-hybridized carbons (Fsp3) is 0.364. The highest BCUT2D eigenvalue weighted by molar-refractivity contribution is 7.19. The van der Waals surface area contributed by atoms with Crippen LogP contribution in [0.2, 0.25) is 0 Å². The lowest BCUT2D eigenvalue weighted by atomic mass is 9.97. The molecular formula is C22H24FN3S. The highest BCUT2D eigenvalue weighted by atomic mass is 32.1. The monoisotopic (exact) mass is 381 g/mol. The summed E-state index contributed by atoms with van der Waals surface area (Å²) in [4.78, 5) is 11.5. The fourth-order valence-electron chi connectivity index (χ4n) is 3.78. The van der Waals surface area contributed by atoms with Crippen molar-refractivity contribution in [2.24, 2.45) is 0 Å². The Balaban J connectivity index is 1.68. The quantitative estimate of drug-likeness (QED) is 0.518. The second-order valence-electron chi connectivity index (χ2n) is 7.12. The summed E-state index contributed by atoms with van der Waals surface area (Å²) in [6.45, 7) is 4.90. The van der Waals surface area contributed by atoms with Gasteiger partial charge in [-0.1, -0.05) is 23.8 Å². The standard InChI is InChI=1S/C22H24FN3S/c1-14-19(17-8-10-18(23)11-9-17)20-21(25-15(2)26-22(20)27-14)24-13-12-16-6-4-3-5-7-16/h6,8-11H,3-5,7,12-13H2,1-2H3,(H,24,25,26). The third-order valence-electron chi connectivity index (χ3n) is 5.10. The maximum Gasteiger partial charge on any atom is 0.139 e. The maximum atomic E-state index is 13.4. The van der Waals surface area contributed by atoms with Crippen molar-refractivity contribution >= 4 is 27.4 Å². The molecule has 2 aromatic heterocycles. The van der Waals surface area contributed by atoms with Crippen LogP contribution in [0.15, 0.2) is 35.9 Å². The molecule has 5 heteroatoms. The predicted octanol–water partition coefficient (Wildman–Crippen LogP) is 6.42. The first kappa shape index (κ1) is 18.1. The van der Waals surface area contributed by atoms with E-state index in [9.17, 15) is 4.39 Å². The van der Waals surface area contributed by atoms with Crippen LogP contribution in [0.4, 0.5) is 10.2 Å². The van der Waals surface area contributed by atoms with Crippen molar-refractivity contribution in [2.75, 3.05) is 11.9 Å². The SMILES string of the molecule is Cc1nc(NCCC2=CCCCC2)c2c(-c3ccc(F)cc3)c(C)sc2n1. The van der Waals surface area contributed by atoms with Gasteiger partial charge in [-0.3, -0.25) is 0 Å². The Labute approximate surface area is 163 Å². The van der Waals surface area contributed by atoms with Gasteiger partial charge in [-0.25, -0.2) is 14.4 Å². The van der Waals surface area contributed by atoms with Gasteiger partial charge in [0, 0.05) is 17.0 Å². The smallest absolute Gasteiger partial charge is 0.139 e. The second kappa shape index (κ2) is 7.77. The summed E-state index contributed by atoms with van der Waals surface area (Å²) in [5.41, 5.74) is 3.66. The van der Waals surface area contributed by atoms with E-state index in [1.165, 1.54) is 42.7 Å². The van der Waals surface area contributed by atoms with Gasteiger partial charge < -0.3 is 5.32 Å². The van der Waals surface area contributed by atoms with Gasteiger partial charge in [0.25, 0.3) is 0 Å². The van der Waals surface area contributed by atoms with E-state index >= 15 is 0 Å². The molecule has 3 nitrogen and oxygen atoms in total. The van der Waals surface area contributed by atoms with E-state index in [0.29, 0.717) is 0 Å². The van der Waals surface area contributed by atoms with Crippen molar-refractivity contribution in [1.82, 2.24) is 9.97 Å². The topological polar surface area (TPSA) is 37.8 Å². The number of thiophene rings is 1. The lowest BCUT2D eigenvalue weighted by Gasteiger charge is -2.14. The molecule has 1 aliphatic rings. The van der Waals surface area contributed by atoms with Crippen LogP contribution in [0.5, 0.6) is 0 Å². The van der Waals surface area contributed by atoms with Crippen LogP contribution in [-0.2, 0) is 0 Å². The number of nitrogens with zero attached hydrogens (tertiary/aromatic N) is 2. The van der Waals surface area contributed by atoms with Gasteiger partial charge in [0.15, 0.2) is 0 Å². The summed E-state index contributed by atoms with van der Waals surface area (Å²) in [6.07, 6.45) is 8.51. The molecule has 0 spiro atoms. The molecule has 0 saturated heterocycles. The first-order valence-electron chi connectivity index (χ1n) is 9.57. The minimum absolute atomic E-state index is 0.220. The first-order chi connectivity index (χ1) is 13.1. The number of nitrogens with one attached hydrogen (secondary N) is 1. The highest BCUT2D eigenvalue weighted by Gasteiger charge is 2.18. The molecule has 1 aliphatic carbocycles. The number of allylic oxidation sites excluding steroid dienone is 1. The van der Waals surface area contributed by atoms with Crippen LogP contribution < -0.4 is 5.32 Å². The Kier molecular flexibility index (Phi) is 5.21. The fourth-order valence-corrected chi connectivity index (χ4v) is 4.87. The zero-order valence-electron chi connectivity index (χ0n) is 15.8. The number of rotatable bonds is 5. The average Bonchev–Trinajstić information content (AvgIpc) is 2.99. The molecule has 0 bridgehead atoms. The number of anilines is 1. The van der Waals surface area contributed by atoms with Crippen molar-refractivity contribution in [1.29, 1.82) is 0 Å². The number of aromatic nitrogens is 2. The molecule has 2 heterocycles. The van der Waals surface area contributed by atoms with Crippen molar-refractivity contribution in [2.45, 2.75) is 46.0 Å². The molecule has 1 N–H and O–H groups in total. The number of hydrogen-bond acceptors (Lipinski definition) is 4. The Hall–Kier alpha value is -2.27. The summed E-state index contributed by atoms with van der Waals surface area (Å²) in [7, 11) is 0. The van der Waals surface area contributed by atoms with Gasteiger partial charge in [0.2, 0.25) is 0 Å². The zero-order valence-corrected chi connectivity index (χ0v) is 16.6. The van der Waals surface area contributed by atoms with Crippen molar-refractivity contribution in [3.05, 3.63) is 52.4 Å². The molecule has 140 valence electrons. The number of hydrogen-bond donors (Lipinski definition) is 1. The summed E-state index contributed by atoms with van der Waals surface area (Å²) in [6, 6.07) is 6.69. The van der Waals surface area contributed by atoms with Crippen LogP contribution in [0.25, 0.3) is 21.3 Å². The molecule has 0 amide bonds. The van der Waals surface area contributed by atoms with Crippen molar-refractivity contribution in [3.8, 4) is 11.1 Å². The van der Waals surface area contributed by atoms with Gasteiger partial charge in [-0.15, -0.1) is 11.3 Å². The first-order valence-corrected chi connectivity index (χ1v) is 10.4. The van der Waals surface area contributed by atoms with E-state index in [-0.39, 0.29) is 5.82 Å². The Morgan fingerprint density at radius 2 is 1.93 bits per heavy atom. The third-order valence-corrected chi connectivity index (χ3v) is 6.10. The molecule has 0 unspecified atom stereocenters. The predicted molar refractivity (Wildman–Crippen MR) is 112 cm³/mol. The van der Waals surface area contributed by atoms with E-state index in [1.54, 1.807) is 16.9 Å². The molecule has 0 fully saturated rings. The molecule has 0 atom stereocenters. The molecule has 0 aliphatic heterocycles. The van der Waals surface area contributed by atoms with Crippen LogP contribution in [0.1, 0.15) is 42.8 Å². The van der Waals surface area contributed by atoms with Crippen LogP contribution in [0, 0.1) is 19.7 Å². The maximum absolute atomic E-state index is 13.4. The van der Waals surface area contributed by atoms with Gasteiger partial charge in [0.05, 0.1) is 5.39 Å². The lowest BCUT2D eigenvalue weighted by Crippen LogP contribution is -2.07. The van der Waals surface area contributed by atoms with E-state index in [1.807, 2.05) is 19.1 Å². The molecule has 1 aromatic carbocycles. The minimum Gasteiger partial charge on any atom is -0.369 e. The summed E-state index contributed by atoms with van der Waals surface area (Å²) < 4.78 is 13.4. The summed E-state index contributed by atoms with van der Waals surface area (Å²) >= 11 is 1.67. The van der Waals surface area contributed by atoms with Crippen LogP contribution >= 0.6 is 11.3 Å². The molecule has 3 aromatic rings. The number of benzene rings is 1. The third kappa shape index (κ3) is 3.88. The lowest BCUT2D eigenvalue weighted by molar-refractivity contribution is 0.628. The largest absolute Gasteiger partial charge is 0.369 e. The Morgan fingerprint density at radius 1 is 1.11 bits per heavy atom. The number of halogens is 1. The Bertz CT molecular complexity index is 989. The van der Waals surface area contributed by atoms with Gasteiger partial charge in [-0.05, 0) is 63.6 Å². The highest BCUT2D eigenvalue weighted by Crippen LogP contribution is 2.40. The van der Waals surface area contributed by atoms with Crippen molar-refractivity contribution in [3.63, 3.8) is 0 Å². The summed E-state index contributed by atoms with van der Waals surface area (Å²) in [5, 5.41) is 4.60. The Morgan fingerprint density at radius 3 is 2.67 bits per heavy atom. The van der Waals surface area contributed by atoms with Gasteiger partial charge in [0.1, 0.15) is 22.3 Å². The second-order valence-corrected chi connectivity index (χ2v) is 8.33. The van der Waals surface area contributed by atoms with Gasteiger partial charge in [-0.2, -0.15) is 0 Å². The van der Waals surface area contributed by atoms with Gasteiger partial charge >= 0.3 is 0 Å². The van der Waals surface area contributed by atoms with E-state index in [2.05, 4.69) is 23.3 Å². The van der Waals surface area contributed by atoms with Crippen LogP contribution in [-0.4, -0.2) is 16.5 Å². The zero-order chi connectivity index (χ0) is 18.8. The average molecular weight is 382 g/mol. The van der Waals surface area contributed by atoms with Crippen LogP contribution in [0.3, 0.4) is 0 Å². The minimum atomic E-state index is -0.220. The number of aryl methyl sites for hydroxylation is 2. The van der Waals surface area contributed by atoms with E-state index in [0.717, 1.165) is 46.0 Å². The molecule has 27 heavy (non-hydrogen) atoms. The molecule has 0 radical (unpaired) electrons. The van der Waals surface area contributed by atoms with Crippen molar-refractivity contribution < 1.29 is 4.39 Å². The molecule has 4 rings (SSSR count). The normalized spacial score (nSPS) is 14.4.